The van der Waals surface area contributed by atoms with Gasteiger partial charge >= 0.3 is 11.9 Å². The normalized spacial score (nSPS) is 11.2. The van der Waals surface area contributed by atoms with Crippen LogP contribution >= 0.6 is 23.1 Å². The molecule has 0 aliphatic rings. The molecule has 0 atom stereocenters. The highest BCUT2D eigenvalue weighted by Gasteiger charge is 2.27. The third-order valence-corrected chi connectivity index (χ3v) is 9.65. The molecule has 1 N–H and O–H groups in total. The highest BCUT2D eigenvalue weighted by atomic mass is 32.2. The molecule has 214 valence electrons. The molecule has 4 rings (SSSR count). The monoisotopic (exact) mass is 614 g/mol. The average molecular weight is 615 g/mol. The number of hydrogen-bond acceptors (Lipinski definition) is 11. The fourth-order valence-corrected chi connectivity index (χ4v) is 7.00. The van der Waals surface area contributed by atoms with Gasteiger partial charge < -0.3 is 14.8 Å². The third kappa shape index (κ3) is 6.66. The first-order valence-corrected chi connectivity index (χ1v) is 15.5. The number of sulfone groups is 1. The molecule has 0 aliphatic heterocycles. The number of ether oxygens (including phenoxy) is 2. The first kappa shape index (κ1) is 30.0. The summed E-state index contributed by atoms with van der Waals surface area (Å²) in [7, 11) is -1.32. The maximum Gasteiger partial charge on any atom is 0.348 e. The van der Waals surface area contributed by atoms with E-state index in [2.05, 4.69) is 15.5 Å². The van der Waals surface area contributed by atoms with Crippen molar-refractivity contribution < 1.29 is 32.3 Å². The molecule has 0 aliphatic carbocycles. The van der Waals surface area contributed by atoms with Crippen LogP contribution in [0, 0.1) is 13.8 Å². The minimum atomic E-state index is -3.74. The Labute approximate surface area is 244 Å². The number of benzene rings is 2. The number of esters is 2. The Hall–Kier alpha value is -4.01. The molecular formula is C27H26N4O7S3. The zero-order valence-corrected chi connectivity index (χ0v) is 25.0. The van der Waals surface area contributed by atoms with Crippen molar-refractivity contribution in [2.45, 2.75) is 29.7 Å². The van der Waals surface area contributed by atoms with E-state index in [1.54, 1.807) is 60.0 Å². The third-order valence-electron chi connectivity index (χ3n) is 5.91. The van der Waals surface area contributed by atoms with Gasteiger partial charge in [-0.15, -0.1) is 21.5 Å². The van der Waals surface area contributed by atoms with Crippen molar-refractivity contribution in [2.75, 3.05) is 25.3 Å². The van der Waals surface area contributed by atoms with Gasteiger partial charge in [0.1, 0.15) is 15.6 Å². The second-order valence-electron chi connectivity index (χ2n) is 8.72. The van der Waals surface area contributed by atoms with Gasteiger partial charge in [-0.05, 0) is 43.7 Å². The van der Waals surface area contributed by atoms with E-state index in [-0.39, 0.29) is 31.9 Å². The van der Waals surface area contributed by atoms with E-state index in [9.17, 15) is 22.8 Å². The van der Waals surface area contributed by atoms with Crippen molar-refractivity contribution >= 4 is 55.8 Å². The van der Waals surface area contributed by atoms with E-state index in [0.29, 0.717) is 16.4 Å². The summed E-state index contributed by atoms with van der Waals surface area (Å²) in [4.78, 5) is 37.8. The highest BCUT2D eigenvalue weighted by Crippen LogP contribution is 2.34. The number of thiophene rings is 1. The number of aromatic nitrogens is 3. The van der Waals surface area contributed by atoms with Crippen LogP contribution in [0.4, 0.5) is 5.00 Å². The van der Waals surface area contributed by atoms with Gasteiger partial charge in [0.25, 0.3) is 0 Å². The summed E-state index contributed by atoms with van der Waals surface area (Å²) >= 11 is 1.94. The van der Waals surface area contributed by atoms with E-state index >= 15 is 0 Å². The number of para-hydroxylation sites is 1. The topological polar surface area (TPSA) is 147 Å². The Balaban J connectivity index is 1.59. The van der Waals surface area contributed by atoms with Crippen LogP contribution in [0.5, 0.6) is 0 Å². The van der Waals surface area contributed by atoms with Crippen LogP contribution in [0.3, 0.4) is 0 Å². The molecule has 4 aromatic rings. The van der Waals surface area contributed by atoms with E-state index in [0.717, 1.165) is 28.7 Å². The number of aryl methyl sites for hydroxylation is 1. The molecule has 2 aromatic heterocycles. The Kier molecular flexibility index (Phi) is 9.25. The van der Waals surface area contributed by atoms with Crippen molar-refractivity contribution in [3.63, 3.8) is 0 Å². The first-order valence-electron chi connectivity index (χ1n) is 12.1. The molecule has 0 unspecified atom stereocenters. The van der Waals surface area contributed by atoms with Gasteiger partial charge in [0.15, 0.2) is 20.8 Å². The summed E-state index contributed by atoms with van der Waals surface area (Å²) in [6.45, 7) is 3.43. The zero-order chi connectivity index (χ0) is 29.7. The average Bonchev–Trinajstić information content (AvgIpc) is 3.51. The number of thioether (sulfide) groups is 1. The van der Waals surface area contributed by atoms with Crippen LogP contribution in [0.1, 0.15) is 37.0 Å². The number of carbonyl (C=O) groups excluding carboxylic acids is 3. The predicted molar refractivity (Wildman–Crippen MR) is 155 cm³/mol. The number of hydrogen-bond donors (Lipinski definition) is 1. The van der Waals surface area contributed by atoms with E-state index in [4.69, 9.17) is 9.47 Å². The van der Waals surface area contributed by atoms with Crippen molar-refractivity contribution in [1.29, 1.82) is 0 Å². The van der Waals surface area contributed by atoms with Crippen LogP contribution in [-0.4, -0.2) is 61.0 Å². The lowest BCUT2D eigenvalue weighted by Gasteiger charge is -2.11. The summed E-state index contributed by atoms with van der Waals surface area (Å²) in [5.74, 6) is -2.21. The Morgan fingerprint density at radius 2 is 1.61 bits per heavy atom. The summed E-state index contributed by atoms with van der Waals surface area (Å²) in [5.41, 5.74) is 1.96. The number of anilines is 1. The fourth-order valence-electron chi connectivity index (χ4n) is 3.85. The second kappa shape index (κ2) is 12.7. The Bertz CT molecular complexity index is 1700. The van der Waals surface area contributed by atoms with Gasteiger partial charge in [-0.3, -0.25) is 9.36 Å². The summed E-state index contributed by atoms with van der Waals surface area (Å²) < 4.78 is 37.5. The maximum atomic E-state index is 13.2. The summed E-state index contributed by atoms with van der Waals surface area (Å²) in [5, 5.41) is 11.4. The Morgan fingerprint density at radius 1 is 0.951 bits per heavy atom. The smallest absolute Gasteiger partial charge is 0.348 e. The standard InChI is InChI=1S/C27H26N4O7S3/c1-16-10-12-19(13-11-16)41(35,36)15-20-29-30-27(31(20)18-8-6-5-7-9-18)39-14-21(32)28-24-22(25(33)37-3)17(2)23(40-24)26(34)38-4/h5-13H,14-15H2,1-4H3,(H,28,32). The lowest BCUT2D eigenvalue weighted by Crippen LogP contribution is -2.16. The molecule has 0 radical (unpaired) electrons. The zero-order valence-electron chi connectivity index (χ0n) is 22.5. The molecular weight excluding hydrogens is 589 g/mol. The van der Waals surface area contributed by atoms with Gasteiger partial charge in [-0.25, -0.2) is 18.0 Å². The van der Waals surface area contributed by atoms with Crippen LogP contribution in [0.2, 0.25) is 0 Å². The number of methoxy groups -OCH3 is 2. The number of carbonyl (C=O) groups is 3. The van der Waals surface area contributed by atoms with Gasteiger partial charge in [-0.2, -0.15) is 0 Å². The van der Waals surface area contributed by atoms with Crippen LogP contribution in [0.25, 0.3) is 5.69 Å². The van der Waals surface area contributed by atoms with Gasteiger partial charge in [-0.1, -0.05) is 47.7 Å². The molecule has 0 fully saturated rings. The minimum absolute atomic E-state index is 0.0623. The minimum Gasteiger partial charge on any atom is -0.465 e. The lowest BCUT2D eigenvalue weighted by molar-refractivity contribution is -0.113. The first-order chi connectivity index (χ1) is 19.6. The van der Waals surface area contributed by atoms with Crippen molar-refractivity contribution in [2.24, 2.45) is 0 Å². The van der Waals surface area contributed by atoms with Crippen molar-refractivity contribution in [1.82, 2.24) is 14.8 Å². The molecule has 11 nitrogen and oxygen atoms in total. The predicted octanol–water partition coefficient (Wildman–Crippen LogP) is 4.22. The highest BCUT2D eigenvalue weighted by molar-refractivity contribution is 7.99. The molecule has 0 saturated carbocycles. The number of rotatable bonds is 10. The molecule has 2 heterocycles. The number of amides is 1. The largest absolute Gasteiger partial charge is 0.465 e. The molecule has 0 spiro atoms. The van der Waals surface area contributed by atoms with E-state index in [1.807, 2.05) is 13.0 Å². The molecule has 0 saturated heterocycles. The molecule has 41 heavy (non-hydrogen) atoms. The van der Waals surface area contributed by atoms with Gasteiger partial charge in [0.2, 0.25) is 5.91 Å². The number of nitrogens with one attached hydrogen (secondary N) is 1. The van der Waals surface area contributed by atoms with Crippen LogP contribution < -0.4 is 5.32 Å². The van der Waals surface area contributed by atoms with Crippen molar-refractivity contribution in [3.8, 4) is 5.69 Å². The molecule has 2 aromatic carbocycles. The second-order valence-corrected chi connectivity index (χ2v) is 12.7. The van der Waals surface area contributed by atoms with E-state index in [1.165, 1.54) is 14.2 Å². The quantitative estimate of drug-likeness (QED) is 0.203. The van der Waals surface area contributed by atoms with Gasteiger partial charge in [0.05, 0.1) is 30.4 Å². The summed E-state index contributed by atoms with van der Waals surface area (Å²) in [6, 6.07) is 15.5. The molecule has 0 bridgehead atoms. The number of nitrogens with zero attached hydrogens (tertiary/aromatic N) is 3. The van der Waals surface area contributed by atoms with E-state index < -0.39 is 33.4 Å². The summed E-state index contributed by atoms with van der Waals surface area (Å²) in [6.07, 6.45) is 0. The fraction of sp³-hybridized carbons (Fsp3) is 0.222. The van der Waals surface area contributed by atoms with Crippen LogP contribution in [-0.2, 0) is 29.9 Å². The molecule has 1 amide bonds. The maximum absolute atomic E-state index is 13.2. The van der Waals surface area contributed by atoms with Crippen LogP contribution in [0.15, 0.2) is 64.6 Å². The molecule has 14 heteroatoms. The van der Waals surface area contributed by atoms with Crippen molar-refractivity contribution in [3.05, 3.63) is 82.0 Å². The Morgan fingerprint density at radius 3 is 2.24 bits per heavy atom. The van der Waals surface area contributed by atoms with Gasteiger partial charge in [0, 0.05) is 5.69 Å². The SMILES string of the molecule is COC(=O)c1sc(NC(=O)CSc2nnc(CS(=O)(=O)c3ccc(C)cc3)n2-c2ccccc2)c(C(=O)OC)c1C. The lowest BCUT2D eigenvalue weighted by atomic mass is 10.1.